The Hall–Kier alpha value is -1.30. The minimum Gasteiger partial charge on any atom is -0.481 e. The maximum Gasteiger partial charge on any atom is 0.317 e. The quantitative estimate of drug-likeness (QED) is 0.744. The number of urea groups is 1. The molecule has 0 aromatic heterocycles. The Bertz CT molecular complexity index is 316. The fourth-order valence-electron chi connectivity index (χ4n) is 2.40. The zero-order chi connectivity index (χ0) is 15.0. The van der Waals surface area contributed by atoms with Gasteiger partial charge >= 0.3 is 12.0 Å². The molecule has 20 heavy (non-hydrogen) atoms. The van der Waals surface area contributed by atoms with Crippen molar-refractivity contribution in [3.8, 4) is 0 Å². The molecular weight excluding hydrogens is 260 g/mol. The number of amides is 2. The highest BCUT2D eigenvalue weighted by molar-refractivity contribution is 5.74. The summed E-state index contributed by atoms with van der Waals surface area (Å²) in [6.45, 7) is 4.56. The molecule has 6 heteroatoms. The molecule has 0 aromatic rings. The molecule has 1 saturated heterocycles. The number of carboxylic acids is 1. The molecule has 0 spiro atoms. The highest BCUT2D eigenvalue weighted by atomic mass is 16.5. The van der Waals surface area contributed by atoms with E-state index in [1.807, 2.05) is 6.92 Å². The zero-order valence-electron chi connectivity index (χ0n) is 12.4. The summed E-state index contributed by atoms with van der Waals surface area (Å²) in [4.78, 5) is 24.3. The number of rotatable bonds is 7. The molecule has 1 fully saturated rings. The summed E-state index contributed by atoms with van der Waals surface area (Å²) in [5.41, 5.74) is 0. The lowest BCUT2D eigenvalue weighted by molar-refractivity contribution is -0.138. The van der Waals surface area contributed by atoms with E-state index in [1.165, 1.54) is 0 Å². The Labute approximate surface area is 120 Å². The largest absolute Gasteiger partial charge is 0.481 e. The van der Waals surface area contributed by atoms with Gasteiger partial charge in [0, 0.05) is 39.1 Å². The first-order chi connectivity index (χ1) is 9.52. The second-order valence-electron chi connectivity index (χ2n) is 5.52. The van der Waals surface area contributed by atoms with Crippen LogP contribution in [-0.4, -0.2) is 55.4 Å². The monoisotopic (exact) mass is 286 g/mol. The van der Waals surface area contributed by atoms with Crippen LogP contribution in [-0.2, 0) is 9.53 Å². The third kappa shape index (κ3) is 6.23. The maximum atomic E-state index is 11.9. The van der Waals surface area contributed by atoms with Gasteiger partial charge in [-0.1, -0.05) is 13.3 Å². The number of carbonyl (C=O) groups excluding carboxylic acids is 1. The highest BCUT2D eigenvalue weighted by Gasteiger charge is 2.19. The van der Waals surface area contributed by atoms with Crippen molar-refractivity contribution in [3.63, 3.8) is 0 Å². The molecule has 0 aliphatic carbocycles. The minimum atomic E-state index is -0.821. The van der Waals surface area contributed by atoms with Crippen LogP contribution in [0.1, 0.15) is 32.6 Å². The molecule has 2 atom stereocenters. The van der Waals surface area contributed by atoms with Crippen LogP contribution in [0.4, 0.5) is 4.79 Å². The van der Waals surface area contributed by atoms with E-state index in [1.54, 1.807) is 11.9 Å². The van der Waals surface area contributed by atoms with E-state index in [9.17, 15) is 9.59 Å². The highest BCUT2D eigenvalue weighted by Crippen LogP contribution is 2.14. The third-order valence-corrected chi connectivity index (χ3v) is 3.72. The number of ether oxygens (including phenoxy) is 1. The topological polar surface area (TPSA) is 78.9 Å². The second kappa shape index (κ2) is 8.79. The van der Waals surface area contributed by atoms with Crippen molar-refractivity contribution in [2.24, 2.45) is 11.8 Å². The Balaban J connectivity index is 2.27. The van der Waals surface area contributed by atoms with Gasteiger partial charge in [-0.2, -0.15) is 0 Å². The summed E-state index contributed by atoms with van der Waals surface area (Å²) < 4.78 is 5.40. The van der Waals surface area contributed by atoms with Crippen molar-refractivity contribution in [1.29, 1.82) is 0 Å². The number of aliphatic carboxylic acids is 1. The molecule has 0 saturated carbocycles. The van der Waals surface area contributed by atoms with Crippen LogP contribution in [0.5, 0.6) is 0 Å². The Morgan fingerprint density at radius 2 is 2.25 bits per heavy atom. The van der Waals surface area contributed by atoms with Gasteiger partial charge in [-0.3, -0.25) is 4.79 Å². The second-order valence-corrected chi connectivity index (χ2v) is 5.52. The van der Waals surface area contributed by atoms with E-state index in [0.717, 1.165) is 25.9 Å². The van der Waals surface area contributed by atoms with Crippen LogP contribution in [0.2, 0.25) is 0 Å². The summed E-state index contributed by atoms with van der Waals surface area (Å²) in [7, 11) is 1.77. The summed E-state index contributed by atoms with van der Waals surface area (Å²) >= 11 is 0. The van der Waals surface area contributed by atoms with E-state index in [0.29, 0.717) is 25.6 Å². The summed E-state index contributed by atoms with van der Waals surface area (Å²) in [6.07, 6.45) is 2.98. The lowest BCUT2D eigenvalue weighted by Crippen LogP contribution is -2.43. The standard InChI is InChI=1S/C14H26N2O4/c1-3-11(7-13(17)18)8-15-14(19)16(2)9-12-5-4-6-20-10-12/h11-12H,3-10H2,1-2H3,(H,15,19)(H,17,18). The molecule has 6 nitrogen and oxygen atoms in total. The zero-order valence-corrected chi connectivity index (χ0v) is 12.4. The fourth-order valence-corrected chi connectivity index (χ4v) is 2.40. The van der Waals surface area contributed by atoms with Gasteiger partial charge in [-0.15, -0.1) is 0 Å². The molecule has 1 rings (SSSR count). The SMILES string of the molecule is CCC(CNC(=O)N(C)CC1CCCOC1)CC(=O)O. The molecular formula is C14H26N2O4. The lowest BCUT2D eigenvalue weighted by Gasteiger charge is -2.27. The van der Waals surface area contributed by atoms with Gasteiger partial charge in [-0.05, 0) is 18.8 Å². The van der Waals surface area contributed by atoms with Gasteiger partial charge in [0.15, 0.2) is 0 Å². The van der Waals surface area contributed by atoms with Crippen LogP contribution in [0, 0.1) is 11.8 Å². The average Bonchev–Trinajstić information content (AvgIpc) is 2.43. The Morgan fingerprint density at radius 1 is 1.50 bits per heavy atom. The van der Waals surface area contributed by atoms with Crippen molar-refractivity contribution in [1.82, 2.24) is 10.2 Å². The van der Waals surface area contributed by atoms with Gasteiger partial charge in [0.1, 0.15) is 0 Å². The predicted octanol–water partition coefficient (Wildman–Crippen LogP) is 1.56. The van der Waals surface area contributed by atoms with E-state index in [2.05, 4.69) is 5.32 Å². The van der Waals surface area contributed by atoms with E-state index >= 15 is 0 Å². The molecule has 1 heterocycles. The first-order valence-corrected chi connectivity index (χ1v) is 7.31. The van der Waals surface area contributed by atoms with Crippen molar-refractivity contribution >= 4 is 12.0 Å². The first-order valence-electron chi connectivity index (χ1n) is 7.31. The van der Waals surface area contributed by atoms with Gasteiger partial charge in [0.25, 0.3) is 0 Å². The normalized spacial score (nSPS) is 20.2. The van der Waals surface area contributed by atoms with Crippen LogP contribution < -0.4 is 5.32 Å². The van der Waals surface area contributed by atoms with E-state index in [-0.39, 0.29) is 18.4 Å². The lowest BCUT2D eigenvalue weighted by atomic mass is 10.0. The number of nitrogens with one attached hydrogen (secondary N) is 1. The molecule has 2 N–H and O–H groups in total. The van der Waals surface area contributed by atoms with Crippen LogP contribution >= 0.6 is 0 Å². The Kier molecular flexibility index (Phi) is 7.36. The number of carbonyl (C=O) groups is 2. The van der Waals surface area contributed by atoms with Crippen molar-refractivity contribution in [2.75, 3.05) is 33.4 Å². The molecule has 0 aromatic carbocycles. The molecule has 2 amide bonds. The van der Waals surface area contributed by atoms with Crippen molar-refractivity contribution < 1.29 is 19.4 Å². The van der Waals surface area contributed by atoms with Crippen LogP contribution in [0.15, 0.2) is 0 Å². The third-order valence-electron chi connectivity index (χ3n) is 3.72. The molecule has 0 radical (unpaired) electrons. The van der Waals surface area contributed by atoms with Gasteiger partial charge in [0.05, 0.1) is 6.61 Å². The van der Waals surface area contributed by atoms with Crippen molar-refractivity contribution in [2.45, 2.75) is 32.6 Å². The number of hydrogen-bond acceptors (Lipinski definition) is 3. The maximum absolute atomic E-state index is 11.9. The fraction of sp³-hybridized carbons (Fsp3) is 0.857. The molecule has 116 valence electrons. The van der Waals surface area contributed by atoms with E-state index in [4.69, 9.17) is 9.84 Å². The molecule has 2 unspecified atom stereocenters. The van der Waals surface area contributed by atoms with Crippen LogP contribution in [0.3, 0.4) is 0 Å². The van der Waals surface area contributed by atoms with E-state index < -0.39 is 5.97 Å². The van der Waals surface area contributed by atoms with Gasteiger partial charge in [0.2, 0.25) is 0 Å². The first kappa shape index (κ1) is 16.8. The Morgan fingerprint density at radius 3 is 2.80 bits per heavy atom. The number of carboxylic acid groups (broad SMARTS) is 1. The predicted molar refractivity (Wildman–Crippen MR) is 75.6 cm³/mol. The smallest absolute Gasteiger partial charge is 0.317 e. The van der Waals surface area contributed by atoms with Gasteiger partial charge in [-0.25, -0.2) is 4.79 Å². The summed E-state index contributed by atoms with van der Waals surface area (Å²) in [5.74, 6) is -0.429. The molecule has 0 bridgehead atoms. The van der Waals surface area contributed by atoms with Gasteiger partial charge < -0.3 is 20.1 Å². The molecule has 1 aliphatic heterocycles. The van der Waals surface area contributed by atoms with Crippen molar-refractivity contribution in [3.05, 3.63) is 0 Å². The van der Waals surface area contributed by atoms with Crippen LogP contribution in [0.25, 0.3) is 0 Å². The molecule has 1 aliphatic rings. The number of hydrogen-bond donors (Lipinski definition) is 2. The average molecular weight is 286 g/mol. The number of nitrogens with zero attached hydrogens (tertiary/aromatic N) is 1. The summed E-state index contributed by atoms with van der Waals surface area (Å²) in [5, 5.41) is 11.6. The minimum absolute atomic E-state index is 0.0112. The summed E-state index contributed by atoms with van der Waals surface area (Å²) in [6, 6.07) is -0.139.